The third-order valence-corrected chi connectivity index (χ3v) is 8.90. The van der Waals surface area contributed by atoms with Crippen molar-refractivity contribution in [1.29, 1.82) is 0 Å². The second-order valence-electron chi connectivity index (χ2n) is 9.73. The van der Waals surface area contributed by atoms with E-state index in [0.29, 0.717) is 17.9 Å². The molecule has 6 heteroatoms. The molecular formula is C26H29N3O2S. The summed E-state index contributed by atoms with van der Waals surface area (Å²) in [7, 11) is 0. The van der Waals surface area contributed by atoms with Gasteiger partial charge < -0.3 is 9.47 Å². The number of likely N-dealkylation sites (tertiary alicyclic amines) is 2. The van der Waals surface area contributed by atoms with Gasteiger partial charge in [0, 0.05) is 66.9 Å². The molecule has 6 rings (SSSR count). The Kier molecular flexibility index (Phi) is 4.95. The number of carbonyl (C=O) groups is 1. The molecule has 0 N–H and O–H groups in total. The number of carbonyl (C=O) groups excluding carboxylic acids is 1. The van der Waals surface area contributed by atoms with Gasteiger partial charge in [-0.3, -0.25) is 14.5 Å². The average Bonchev–Trinajstić information content (AvgIpc) is 3.24. The molecule has 32 heavy (non-hydrogen) atoms. The van der Waals surface area contributed by atoms with Gasteiger partial charge in [0.15, 0.2) is 0 Å². The Balaban J connectivity index is 1.26. The SMILES string of the molecule is CC(=O)N1CCC(N2CC3CC(C2)c2ccc(-c4cc5ccccc5s4)c(=O)n2C3)CC1. The summed E-state index contributed by atoms with van der Waals surface area (Å²) in [6, 6.07) is 15.3. The molecule has 5 nitrogen and oxygen atoms in total. The fourth-order valence-corrected chi connectivity index (χ4v) is 7.21. The van der Waals surface area contributed by atoms with Crippen molar-refractivity contribution in [3.63, 3.8) is 0 Å². The first-order valence-electron chi connectivity index (χ1n) is 11.8. The van der Waals surface area contributed by atoms with Crippen LogP contribution < -0.4 is 5.56 Å². The van der Waals surface area contributed by atoms with Crippen molar-refractivity contribution >= 4 is 27.3 Å². The van der Waals surface area contributed by atoms with Crippen LogP contribution in [-0.4, -0.2) is 52.5 Å². The van der Waals surface area contributed by atoms with Crippen LogP contribution >= 0.6 is 11.3 Å². The molecule has 2 unspecified atom stereocenters. The van der Waals surface area contributed by atoms with Crippen LogP contribution in [-0.2, 0) is 11.3 Å². The van der Waals surface area contributed by atoms with E-state index in [2.05, 4.69) is 51.9 Å². The van der Waals surface area contributed by atoms with E-state index in [9.17, 15) is 9.59 Å². The molecule has 3 aliphatic rings. The lowest BCUT2D eigenvalue weighted by atomic mass is 9.81. The van der Waals surface area contributed by atoms with Crippen molar-refractivity contribution in [2.24, 2.45) is 5.92 Å². The van der Waals surface area contributed by atoms with E-state index in [1.165, 1.54) is 22.2 Å². The zero-order valence-corrected chi connectivity index (χ0v) is 19.3. The lowest BCUT2D eigenvalue weighted by Crippen LogP contribution is -2.53. The molecule has 2 saturated heterocycles. The van der Waals surface area contributed by atoms with Gasteiger partial charge in [-0.15, -0.1) is 11.3 Å². The summed E-state index contributed by atoms with van der Waals surface area (Å²) < 4.78 is 3.31. The molecule has 3 aliphatic heterocycles. The van der Waals surface area contributed by atoms with Crippen molar-refractivity contribution in [2.45, 2.75) is 44.7 Å². The summed E-state index contributed by atoms with van der Waals surface area (Å²) in [4.78, 5) is 30.9. The maximum absolute atomic E-state index is 13.5. The van der Waals surface area contributed by atoms with Gasteiger partial charge >= 0.3 is 0 Å². The molecule has 2 aromatic heterocycles. The van der Waals surface area contributed by atoms with Gasteiger partial charge in [0.05, 0.1) is 5.56 Å². The lowest BCUT2D eigenvalue weighted by Gasteiger charge is -2.47. The van der Waals surface area contributed by atoms with E-state index in [-0.39, 0.29) is 11.5 Å². The molecule has 2 atom stereocenters. The number of hydrogen-bond acceptors (Lipinski definition) is 4. The number of thiophene rings is 1. The van der Waals surface area contributed by atoms with Crippen LogP contribution in [0.25, 0.3) is 20.5 Å². The Labute approximate surface area is 192 Å². The van der Waals surface area contributed by atoms with Crippen LogP contribution in [0.4, 0.5) is 0 Å². The second-order valence-corrected chi connectivity index (χ2v) is 10.8. The number of amides is 1. The molecule has 0 aliphatic carbocycles. The van der Waals surface area contributed by atoms with Crippen molar-refractivity contribution in [1.82, 2.24) is 14.4 Å². The van der Waals surface area contributed by atoms with Crippen molar-refractivity contribution in [3.8, 4) is 10.4 Å². The smallest absolute Gasteiger partial charge is 0.259 e. The highest BCUT2D eigenvalue weighted by Crippen LogP contribution is 2.38. The maximum Gasteiger partial charge on any atom is 0.259 e. The molecule has 5 heterocycles. The van der Waals surface area contributed by atoms with Crippen molar-refractivity contribution in [2.75, 3.05) is 26.2 Å². The highest BCUT2D eigenvalue weighted by Gasteiger charge is 2.38. The summed E-state index contributed by atoms with van der Waals surface area (Å²) in [5, 5.41) is 1.21. The first-order valence-corrected chi connectivity index (χ1v) is 12.6. The summed E-state index contributed by atoms with van der Waals surface area (Å²) >= 11 is 1.71. The van der Waals surface area contributed by atoms with Crippen molar-refractivity contribution < 1.29 is 4.79 Å². The van der Waals surface area contributed by atoms with E-state index in [1.54, 1.807) is 18.3 Å². The van der Waals surface area contributed by atoms with Crippen LogP contribution in [0.3, 0.4) is 0 Å². The number of fused-ring (bicyclic) bond motifs is 5. The number of benzene rings is 1. The van der Waals surface area contributed by atoms with Crippen LogP contribution in [0.2, 0.25) is 0 Å². The first kappa shape index (κ1) is 20.2. The third kappa shape index (κ3) is 3.41. The molecule has 0 radical (unpaired) electrons. The molecule has 166 valence electrons. The van der Waals surface area contributed by atoms with Crippen LogP contribution in [0.15, 0.2) is 47.3 Å². The Bertz CT molecular complexity index is 1200. The fraction of sp³-hybridized carbons (Fsp3) is 0.462. The van der Waals surface area contributed by atoms with E-state index in [1.807, 2.05) is 4.90 Å². The fourth-order valence-electron chi connectivity index (χ4n) is 6.13. The van der Waals surface area contributed by atoms with E-state index in [0.717, 1.165) is 56.0 Å². The minimum atomic E-state index is 0.173. The largest absolute Gasteiger partial charge is 0.343 e. The average molecular weight is 448 g/mol. The molecule has 1 aromatic carbocycles. The molecular weight excluding hydrogens is 418 g/mol. The quantitative estimate of drug-likeness (QED) is 0.593. The normalized spacial score (nSPS) is 24.0. The molecule has 2 fully saturated rings. The Morgan fingerprint density at radius 1 is 1.03 bits per heavy atom. The molecule has 0 saturated carbocycles. The van der Waals surface area contributed by atoms with Crippen molar-refractivity contribution in [3.05, 3.63) is 58.5 Å². The number of rotatable bonds is 2. The topological polar surface area (TPSA) is 45.6 Å². The monoisotopic (exact) mass is 447 g/mol. The summed E-state index contributed by atoms with van der Waals surface area (Å²) in [6.07, 6.45) is 3.32. The predicted octanol–water partition coefficient (Wildman–Crippen LogP) is 4.16. The maximum atomic E-state index is 13.5. The zero-order valence-electron chi connectivity index (χ0n) is 18.5. The Morgan fingerprint density at radius 3 is 2.62 bits per heavy atom. The highest BCUT2D eigenvalue weighted by atomic mass is 32.1. The Morgan fingerprint density at radius 2 is 1.84 bits per heavy atom. The third-order valence-electron chi connectivity index (χ3n) is 7.75. The van der Waals surface area contributed by atoms with Crippen LogP contribution in [0.1, 0.15) is 37.8 Å². The van der Waals surface area contributed by atoms with Gasteiger partial charge in [-0.1, -0.05) is 18.2 Å². The standard InChI is InChI=1S/C26H29N3O2S/c1-17(30)27-10-8-21(9-11-27)28-14-18-12-20(16-28)23-7-6-22(26(31)29(23)15-18)25-13-19-4-2-3-5-24(19)32-25/h2-7,13,18,20-21H,8-12,14-16H2,1H3. The van der Waals surface area contributed by atoms with E-state index >= 15 is 0 Å². The summed E-state index contributed by atoms with van der Waals surface area (Å²) in [6.45, 7) is 6.35. The second kappa shape index (κ2) is 7.85. The van der Waals surface area contributed by atoms with Gasteiger partial charge in [0.1, 0.15) is 0 Å². The van der Waals surface area contributed by atoms with Gasteiger partial charge in [-0.25, -0.2) is 0 Å². The lowest BCUT2D eigenvalue weighted by molar-refractivity contribution is -0.130. The number of pyridine rings is 1. The van der Waals surface area contributed by atoms with Crippen LogP contribution in [0, 0.1) is 5.92 Å². The van der Waals surface area contributed by atoms with Gasteiger partial charge in [0.25, 0.3) is 5.56 Å². The minimum absolute atomic E-state index is 0.173. The predicted molar refractivity (Wildman–Crippen MR) is 129 cm³/mol. The van der Waals surface area contributed by atoms with Gasteiger partial charge in [-0.05, 0) is 54.8 Å². The summed E-state index contributed by atoms with van der Waals surface area (Å²) in [5.74, 6) is 1.15. The van der Waals surface area contributed by atoms with E-state index < -0.39 is 0 Å². The number of hydrogen-bond donors (Lipinski definition) is 0. The first-order chi connectivity index (χ1) is 15.6. The Hall–Kier alpha value is -2.44. The molecule has 1 amide bonds. The van der Waals surface area contributed by atoms with E-state index in [4.69, 9.17) is 0 Å². The van der Waals surface area contributed by atoms with Crippen LogP contribution in [0.5, 0.6) is 0 Å². The van der Waals surface area contributed by atoms with Gasteiger partial charge in [-0.2, -0.15) is 0 Å². The zero-order chi connectivity index (χ0) is 21.8. The molecule has 3 aromatic rings. The molecule has 2 bridgehead atoms. The highest BCUT2D eigenvalue weighted by molar-refractivity contribution is 7.22. The molecule has 0 spiro atoms. The number of piperidine rings is 2. The number of aromatic nitrogens is 1. The number of nitrogens with zero attached hydrogens (tertiary/aromatic N) is 3. The van der Waals surface area contributed by atoms with Gasteiger partial charge in [0.2, 0.25) is 5.91 Å². The summed E-state index contributed by atoms with van der Waals surface area (Å²) in [5.41, 5.74) is 2.22. The minimum Gasteiger partial charge on any atom is -0.343 e.